The Morgan fingerprint density at radius 1 is 1.19 bits per heavy atom. The van der Waals surface area contributed by atoms with Gasteiger partial charge in [0.25, 0.3) is 0 Å². The number of azide groups is 2. The molecule has 1 aromatic rings. The molecule has 0 radical (unpaired) electrons. The average molecular weight is 212 g/mol. The molecule has 0 aromatic heterocycles. The van der Waals surface area contributed by atoms with Gasteiger partial charge in [-0.15, -0.1) is 0 Å². The van der Waals surface area contributed by atoms with E-state index in [1.807, 2.05) is 6.07 Å². The van der Waals surface area contributed by atoms with Crippen LogP contribution >= 0.6 is 0 Å². The summed E-state index contributed by atoms with van der Waals surface area (Å²) in [7, 11) is 0. The third-order valence-electron chi connectivity index (χ3n) is 1.68. The fourth-order valence-corrected chi connectivity index (χ4v) is 1.02. The molecule has 0 spiro atoms. The number of nitrogens with zero attached hydrogens (tertiary/aromatic N) is 6. The highest BCUT2D eigenvalue weighted by Gasteiger charge is 1.93. The van der Waals surface area contributed by atoms with E-state index in [4.69, 9.17) is 11.1 Å². The van der Waals surface area contributed by atoms with Gasteiger partial charge in [0.1, 0.15) is 0 Å². The van der Waals surface area contributed by atoms with Crippen LogP contribution in [0.4, 0.5) is 5.69 Å². The first-order chi connectivity index (χ1) is 7.88. The largest absolute Gasteiger partial charge is 0.0978 e. The molecule has 0 saturated carbocycles. The van der Waals surface area contributed by atoms with Crippen molar-refractivity contribution in [3.05, 3.63) is 50.7 Å². The summed E-state index contributed by atoms with van der Waals surface area (Å²) in [5, 5.41) is 6.88. The third-order valence-corrected chi connectivity index (χ3v) is 1.68. The Balaban J connectivity index is 2.79. The van der Waals surface area contributed by atoms with E-state index in [9.17, 15) is 0 Å². The lowest BCUT2D eigenvalue weighted by Gasteiger charge is -1.94. The van der Waals surface area contributed by atoms with Crippen molar-refractivity contribution in [1.29, 1.82) is 0 Å². The lowest BCUT2D eigenvalue weighted by Crippen LogP contribution is -1.77. The van der Waals surface area contributed by atoms with Crippen LogP contribution in [-0.2, 0) is 0 Å². The van der Waals surface area contributed by atoms with Gasteiger partial charge in [0.05, 0.1) is 5.69 Å². The van der Waals surface area contributed by atoms with Gasteiger partial charge >= 0.3 is 0 Å². The minimum absolute atomic E-state index is 0.340. The number of benzene rings is 1. The van der Waals surface area contributed by atoms with Gasteiger partial charge in [0.2, 0.25) is 0 Å². The van der Waals surface area contributed by atoms with Gasteiger partial charge in [-0.2, -0.15) is 0 Å². The summed E-state index contributed by atoms with van der Waals surface area (Å²) < 4.78 is 0. The molecule has 0 atom stereocenters. The maximum absolute atomic E-state index is 8.34. The Morgan fingerprint density at radius 2 is 2.00 bits per heavy atom. The smallest absolute Gasteiger partial charge is 0.0531 e. The zero-order chi connectivity index (χ0) is 11.6. The van der Waals surface area contributed by atoms with Crippen LogP contribution in [0.5, 0.6) is 0 Å². The minimum Gasteiger partial charge on any atom is -0.0978 e. The van der Waals surface area contributed by atoms with Crippen molar-refractivity contribution in [2.45, 2.75) is 6.42 Å². The number of rotatable bonds is 3. The second-order valence-corrected chi connectivity index (χ2v) is 2.71. The average Bonchev–Trinajstić information content (AvgIpc) is 2.31. The fourth-order valence-electron chi connectivity index (χ4n) is 1.02. The molecule has 1 aromatic carbocycles. The van der Waals surface area contributed by atoms with Gasteiger partial charge < -0.3 is 0 Å². The molecule has 0 bridgehead atoms. The molecule has 0 aliphatic rings. The maximum atomic E-state index is 8.34. The molecular formula is C10H8N6. The molecule has 6 nitrogen and oxygen atoms in total. The first-order valence-corrected chi connectivity index (χ1v) is 4.52. The van der Waals surface area contributed by atoms with Gasteiger partial charge in [-0.25, -0.2) is 0 Å². The lowest BCUT2D eigenvalue weighted by molar-refractivity contribution is 1.01. The van der Waals surface area contributed by atoms with Crippen molar-refractivity contribution < 1.29 is 0 Å². The van der Waals surface area contributed by atoms with E-state index in [2.05, 4.69) is 31.9 Å². The Labute approximate surface area is 92.2 Å². The second kappa shape index (κ2) is 6.80. The van der Waals surface area contributed by atoms with E-state index in [0.29, 0.717) is 24.2 Å². The van der Waals surface area contributed by atoms with E-state index >= 15 is 0 Å². The van der Waals surface area contributed by atoms with Crippen LogP contribution < -0.4 is 0 Å². The molecule has 0 saturated heterocycles. The molecule has 78 valence electrons. The van der Waals surface area contributed by atoms with Crippen LogP contribution in [0.15, 0.2) is 34.5 Å². The summed E-state index contributed by atoms with van der Waals surface area (Å²) in [6.45, 7) is 0.340. The number of hydrogen-bond acceptors (Lipinski definition) is 2. The molecule has 16 heavy (non-hydrogen) atoms. The number of hydrogen-bond donors (Lipinski definition) is 0. The van der Waals surface area contributed by atoms with Crippen molar-refractivity contribution in [3.8, 4) is 11.8 Å². The molecule has 0 fully saturated rings. The Hall–Kier alpha value is -2.60. The van der Waals surface area contributed by atoms with Gasteiger partial charge in [0, 0.05) is 28.4 Å². The summed E-state index contributed by atoms with van der Waals surface area (Å²) in [5.74, 6) is 5.70. The third kappa shape index (κ3) is 3.64. The second-order valence-electron chi connectivity index (χ2n) is 2.71. The summed E-state index contributed by atoms with van der Waals surface area (Å²) in [4.78, 5) is 5.33. The summed E-state index contributed by atoms with van der Waals surface area (Å²) in [5.41, 5.74) is 17.6. The van der Waals surface area contributed by atoms with Crippen LogP contribution in [0.3, 0.4) is 0 Å². The van der Waals surface area contributed by atoms with E-state index in [1.165, 1.54) is 0 Å². The highest BCUT2D eigenvalue weighted by molar-refractivity contribution is 5.54. The first-order valence-electron chi connectivity index (χ1n) is 4.52. The fraction of sp³-hybridized carbons (Fsp3) is 0.200. The van der Waals surface area contributed by atoms with Gasteiger partial charge in [-0.1, -0.05) is 40.3 Å². The molecule has 1 rings (SSSR count). The molecule has 0 aliphatic carbocycles. The summed E-state index contributed by atoms with van der Waals surface area (Å²) in [6, 6.07) is 7.05. The van der Waals surface area contributed by atoms with Gasteiger partial charge in [-0.3, -0.25) is 0 Å². The molecule has 0 unspecified atom stereocenters. The monoisotopic (exact) mass is 212 g/mol. The molecule has 0 heterocycles. The minimum atomic E-state index is 0.340. The Bertz CT molecular complexity index is 512. The van der Waals surface area contributed by atoms with E-state index < -0.39 is 0 Å². The van der Waals surface area contributed by atoms with Gasteiger partial charge in [-0.05, 0) is 17.1 Å². The van der Waals surface area contributed by atoms with Crippen LogP contribution in [0.2, 0.25) is 0 Å². The first kappa shape index (κ1) is 11.5. The van der Waals surface area contributed by atoms with E-state index in [0.717, 1.165) is 0 Å². The summed E-state index contributed by atoms with van der Waals surface area (Å²) >= 11 is 0. The highest BCUT2D eigenvalue weighted by atomic mass is 15.1. The van der Waals surface area contributed by atoms with E-state index in [-0.39, 0.29) is 0 Å². The van der Waals surface area contributed by atoms with Crippen LogP contribution in [0.1, 0.15) is 12.0 Å². The van der Waals surface area contributed by atoms with Crippen molar-refractivity contribution in [2.75, 3.05) is 6.54 Å². The Morgan fingerprint density at radius 3 is 2.75 bits per heavy atom. The zero-order valence-corrected chi connectivity index (χ0v) is 8.41. The van der Waals surface area contributed by atoms with Gasteiger partial charge in [0.15, 0.2) is 0 Å². The molecular weight excluding hydrogens is 204 g/mol. The van der Waals surface area contributed by atoms with Crippen molar-refractivity contribution >= 4 is 5.69 Å². The lowest BCUT2D eigenvalue weighted by atomic mass is 10.2. The Kier molecular flexibility index (Phi) is 4.87. The van der Waals surface area contributed by atoms with E-state index in [1.54, 1.807) is 18.2 Å². The van der Waals surface area contributed by atoms with Crippen molar-refractivity contribution in [3.63, 3.8) is 0 Å². The zero-order valence-electron chi connectivity index (χ0n) is 8.41. The maximum Gasteiger partial charge on any atom is 0.0531 e. The summed E-state index contributed by atoms with van der Waals surface area (Å²) in [6.07, 6.45) is 0.481. The van der Waals surface area contributed by atoms with Crippen LogP contribution in [0, 0.1) is 11.8 Å². The topological polar surface area (TPSA) is 97.5 Å². The SMILES string of the molecule is [N-]=[N+]=NCCC#Cc1ccccc1N=[N+]=[N-]. The molecule has 0 N–H and O–H groups in total. The normalized spacial score (nSPS) is 8.00. The molecule has 6 heteroatoms. The molecule has 0 aliphatic heterocycles. The predicted octanol–water partition coefficient (Wildman–Crippen LogP) is 3.68. The van der Waals surface area contributed by atoms with Crippen LogP contribution in [-0.4, -0.2) is 6.54 Å². The highest BCUT2D eigenvalue weighted by Crippen LogP contribution is 2.17. The quantitative estimate of drug-likeness (QED) is 0.240. The molecule has 0 amide bonds. The van der Waals surface area contributed by atoms with Crippen LogP contribution in [0.25, 0.3) is 20.9 Å². The van der Waals surface area contributed by atoms with Crippen molar-refractivity contribution in [1.82, 2.24) is 0 Å². The predicted molar refractivity (Wildman–Crippen MR) is 60.8 cm³/mol. The standard InChI is InChI=1S/C10H8N6/c11-15-13-8-4-3-6-9-5-1-2-7-10(9)14-16-12/h1-2,5,7H,4,8H2. The van der Waals surface area contributed by atoms with Crippen molar-refractivity contribution in [2.24, 2.45) is 10.2 Å².